The van der Waals surface area contributed by atoms with E-state index in [1.54, 1.807) is 54.6 Å². The number of benzene rings is 2. The molecular formula is C18H15ClN2O3S. The number of hydrogen-bond acceptors (Lipinski definition) is 5. The minimum Gasteiger partial charge on any atom is -0.419 e. The average Bonchev–Trinajstić information content (AvgIpc) is 3.33. The van der Waals surface area contributed by atoms with E-state index in [2.05, 4.69) is 10.3 Å². The van der Waals surface area contributed by atoms with Gasteiger partial charge in [0, 0.05) is 6.04 Å². The molecule has 1 heterocycles. The zero-order valence-corrected chi connectivity index (χ0v) is 14.7. The first kappa shape index (κ1) is 16.2. The quantitative estimate of drug-likeness (QED) is 0.716. The molecule has 1 aliphatic carbocycles. The molecule has 0 aliphatic heterocycles. The van der Waals surface area contributed by atoms with Crippen LogP contribution in [0.5, 0.6) is 0 Å². The van der Waals surface area contributed by atoms with E-state index in [-0.39, 0.29) is 27.7 Å². The van der Waals surface area contributed by atoms with Crippen molar-refractivity contribution in [1.29, 1.82) is 0 Å². The molecule has 1 aromatic heterocycles. The van der Waals surface area contributed by atoms with Gasteiger partial charge < -0.3 is 9.73 Å². The van der Waals surface area contributed by atoms with Gasteiger partial charge in [0.05, 0.1) is 15.5 Å². The second-order valence-corrected chi connectivity index (χ2v) is 8.14. The van der Waals surface area contributed by atoms with Gasteiger partial charge in [-0.3, -0.25) is 0 Å². The molecule has 0 radical (unpaired) electrons. The summed E-state index contributed by atoms with van der Waals surface area (Å²) < 4.78 is 31.7. The highest BCUT2D eigenvalue weighted by molar-refractivity contribution is 7.91. The molecule has 1 aliphatic rings. The summed E-state index contributed by atoms with van der Waals surface area (Å²) >= 11 is 6.20. The summed E-state index contributed by atoms with van der Waals surface area (Å²) in [6.45, 7) is 0. The van der Waals surface area contributed by atoms with Crippen LogP contribution in [0.1, 0.15) is 12.8 Å². The Morgan fingerprint density at radius 3 is 2.40 bits per heavy atom. The fraction of sp³-hybridized carbons (Fsp3) is 0.167. The summed E-state index contributed by atoms with van der Waals surface area (Å²) in [6.07, 6.45) is 1.96. The van der Waals surface area contributed by atoms with Gasteiger partial charge in [-0.25, -0.2) is 8.42 Å². The fourth-order valence-corrected chi connectivity index (χ4v) is 3.96. The number of hydrogen-bond donors (Lipinski definition) is 1. The highest BCUT2D eigenvalue weighted by atomic mass is 35.5. The normalized spacial score (nSPS) is 14.4. The Labute approximate surface area is 150 Å². The maximum Gasteiger partial charge on any atom is 0.234 e. The number of anilines is 1. The van der Waals surface area contributed by atoms with E-state index in [4.69, 9.17) is 16.0 Å². The van der Waals surface area contributed by atoms with Gasteiger partial charge in [0.25, 0.3) is 0 Å². The largest absolute Gasteiger partial charge is 0.419 e. The van der Waals surface area contributed by atoms with Gasteiger partial charge in [-0.15, -0.1) is 0 Å². The molecule has 0 unspecified atom stereocenters. The van der Waals surface area contributed by atoms with Crippen LogP contribution in [0.4, 0.5) is 5.88 Å². The zero-order chi connectivity index (χ0) is 17.4. The predicted octanol–water partition coefficient (Wildman–Crippen LogP) is 4.40. The first-order valence-electron chi connectivity index (χ1n) is 7.88. The predicted molar refractivity (Wildman–Crippen MR) is 95.5 cm³/mol. The third-order valence-electron chi connectivity index (χ3n) is 3.92. The van der Waals surface area contributed by atoms with Crippen LogP contribution in [0.25, 0.3) is 11.5 Å². The number of aromatic nitrogens is 1. The molecule has 7 heteroatoms. The molecule has 3 aromatic rings. The summed E-state index contributed by atoms with van der Waals surface area (Å²) in [4.78, 5) is 4.44. The van der Waals surface area contributed by atoms with Crippen LogP contribution in [0.3, 0.4) is 0 Å². The van der Waals surface area contributed by atoms with Crippen molar-refractivity contribution < 1.29 is 12.8 Å². The Hall–Kier alpha value is -2.31. The van der Waals surface area contributed by atoms with Gasteiger partial charge >= 0.3 is 0 Å². The lowest BCUT2D eigenvalue weighted by molar-refractivity contribution is 0.576. The Kier molecular flexibility index (Phi) is 4.01. The topological polar surface area (TPSA) is 72.2 Å². The molecule has 0 amide bonds. The lowest BCUT2D eigenvalue weighted by Crippen LogP contribution is -2.08. The molecule has 4 rings (SSSR count). The van der Waals surface area contributed by atoms with E-state index in [9.17, 15) is 8.42 Å². The Morgan fingerprint density at radius 2 is 1.72 bits per heavy atom. The van der Waals surface area contributed by atoms with E-state index in [1.165, 1.54) is 0 Å². The first-order valence-corrected chi connectivity index (χ1v) is 9.74. The Bertz CT molecular complexity index is 1010. The van der Waals surface area contributed by atoms with Crippen LogP contribution in [0.2, 0.25) is 5.02 Å². The third-order valence-corrected chi connectivity index (χ3v) is 5.93. The van der Waals surface area contributed by atoms with Crippen molar-refractivity contribution in [2.75, 3.05) is 5.32 Å². The van der Waals surface area contributed by atoms with E-state index in [1.807, 2.05) is 0 Å². The molecule has 1 fully saturated rings. The molecular weight excluding hydrogens is 360 g/mol. The minimum atomic E-state index is -3.80. The lowest BCUT2D eigenvalue weighted by Gasteiger charge is -2.04. The van der Waals surface area contributed by atoms with Crippen LogP contribution in [0, 0.1) is 0 Å². The first-order chi connectivity index (χ1) is 12.1. The SMILES string of the molecule is O=S(=O)(c1ccccc1)c1nc(-c2ccccc2Cl)oc1NC1CC1. The maximum atomic E-state index is 13.0. The molecule has 128 valence electrons. The zero-order valence-electron chi connectivity index (χ0n) is 13.1. The van der Waals surface area contributed by atoms with Gasteiger partial charge in [-0.1, -0.05) is 41.9 Å². The molecule has 0 bridgehead atoms. The van der Waals surface area contributed by atoms with Crippen molar-refractivity contribution in [2.45, 2.75) is 28.8 Å². The fourth-order valence-electron chi connectivity index (χ4n) is 2.45. The van der Waals surface area contributed by atoms with Crippen LogP contribution in [-0.2, 0) is 9.84 Å². The van der Waals surface area contributed by atoms with Crippen LogP contribution in [0.15, 0.2) is 68.9 Å². The van der Waals surface area contributed by atoms with Gasteiger partial charge in [-0.2, -0.15) is 4.98 Å². The average molecular weight is 375 g/mol. The molecule has 25 heavy (non-hydrogen) atoms. The van der Waals surface area contributed by atoms with Gasteiger partial charge in [0.1, 0.15) is 0 Å². The van der Waals surface area contributed by atoms with Crippen molar-refractivity contribution in [3.05, 3.63) is 59.6 Å². The minimum absolute atomic E-state index is 0.111. The number of sulfone groups is 1. The summed E-state index contributed by atoms with van der Waals surface area (Å²) in [5.74, 6) is 0.351. The second kappa shape index (κ2) is 6.20. The van der Waals surface area contributed by atoms with E-state index < -0.39 is 9.84 Å². The number of nitrogens with one attached hydrogen (secondary N) is 1. The summed E-state index contributed by atoms with van der Waals surface area (Å²) in [6, 6.07) is 15.5. The van der Waals surface area contributed by atoms with Crippen LogP contribution in [-0.4, -0.2) is 19.4 Å². The standard InChI is InChI=1S/C18H15ClN2O3S/c19-15-9-5-4-8-14(15)16-21-18(17(24-16)20-12-10-11-12)25(22,23)13-6-2-1-3-7-13/h1-9,12,20H,10-11H2. The number of nitrogens with zero attached hydrogens (tertiary/aromatic N) is 1. The molecule has 1 saturated carbocycles. The maximum absolute atomic E-state index is 13.0. The van der Waals surface area contributed by atoms with E-state index in [0.29, 0.717) is 10.6 Å². The Morgan fingerprint density at radius 1 is 1.04 bits per heavy atom. The molecule has 0 spiro atoms. The smallest absolute Gasteiger partial charge is 0.234 e. The van der Waals surface area contributed by atoms with Crippen LogP contribution < -0.4 is 5.32 Å². The number of rotatable bonds is 5. The molecule has 0 atom stereocenters. The van der Waals surface area contributed by atoms with Crippen molar-refractivity contribution in [3.8, 4) is 11.5 Å². The number of oxazole rings is 1. The highest BCUT2D eigenvalue weighted by Crippen LogP contribution is 2.37. The van der Waals surface area contributed by atoms with Crippen molar-refractivity contribution in [1.82, 2.24) is 4.98 Å². The summed E-state index contributed by atoms with van der Waals surface area (Å²) in [7, 11) is -3.80. The van der Waals surface area contributed by atoms with Gasteiger partial charge in [0.15, 0.2) is 0 Å². The third kappa shape index (κ3) is 3.15. The lowest BCUT2D eigenvalue weighted by atomic mass is 10.2. The monoisotopic (exact) mass is 374 g/mol. The summed E-state index contributed by atoms with van der Waals surface area (Å²) in [5.41, 5.74) is 0.553. The van der Waals surface area contributed by atoms with Crippen molar-refractivity contribution in [3.63, 3.8) is 0 Å². The van der Waals surface area contributed by atoms with Crippen LogP contribution >= 0.6 is 11.6 Å². The summed E-state index contributed by atoms with van der Waals surface area (Å²) in [5, 5.41) is 3.46. The van der Waals surface area contributed by atoms with E-state index in [0.717, 1.165) is 12.8 Å². The molecule has 5 nitrogen and oxygen atoms in total. The van der Waals surface area contributed by atoms with Crippen molar-refractivity contribution >= 4 is 27.3 Å². The van der Waals surface area contributed by atoms with Gasteiger partial charge in [-0.05, 0) is 37.1 Å². The Balaban J connectivity index is 1.85. The van der Waals surface area contributed by atoms with Gasteiger partial charge in [0.2, 0.25) is 26.6 Å². The molecule has 0 saturated heterocycles. The second-order valence-electron chi connectivity index (χ2n) is 5.87. The highest BCUT2D eigenvalue weighted by Gasteiger charge is 2.32. The van der Waals surface area contributed by atoms with E-state index >= 15 is 0 Å². The molecule has 2 aromatic carbocycles. The number of halogens is 1. The molecule has 1 N–H and O–H groups in total. The van der Waals surface area contributed by atoms with Crippen molar-refractivity contribution in [2.24, 2.45) is 0 Å².